The van der Waals surface area contributed by atoms with Crippen molar-refractivity contribution in [1.29, 1.82) is 0 Å². The first-order chi connectivity index (χ1) is 17.4. The lowest BCUT2D eigenvalue weighted by Gasteiger charge is -2.24. The number of likely N-dealkylation sites (N-methyl/N-ethyl adjacent to an activating group) is 1. The highest BCUT2D eigenvalue weighted by atomic mass is 32.1. The van der Waals surface area contributed by atoms with E-state index < -0.39 is 29.8 Å². The Balaban J connectivity index is -0.000000148. The Bertz CT molecular complexity index is 730. The minimum atomic E-state index is -0.833. The first-order valence-corrected chi connectivity index (χ1v) is 11.0. The molecule has 15 heteroatoms. The molecular formula is C23H40N4O10S. The molecule has 0 aromatic heterocycles. The summed E-state index contributed by atoms with van der Waals surface area (Å²) in [5, 5.41) is 42.8. The molecular weight excluding hydrogens is 524 g/mol. The number of carbonyl (C=O) groups is 5. The molecule has 1 atom stereocenters. The van der Waals surface area contributed by atoms with E-state index in [2.05, 4.69) is 32.5 Å². The van der Waals surface area contributed by atoms with E-state index >= 15 is 0 Å². The van der Waals surface area contributed by atoms with Crippen LogP contribution in [-0.2, 0) is 30.5 Å². The highest BCUT2D eigenvalue weighted by Crippen LogP contribution is 2.06. The molecule has 1 rings (SSSR count). The van der Waals surface area contributed by atoms with Crippen molar-refractivity contribution in [3.63, 3.8) is 0 Å². The zero-order chi connectivity index (χ0) is 31.1. The average molecular weight is 565 g/mol. The molecule has 0 saturated carbocycles. The van der Waals surface area contributed by atoms with Gasteiger partial charge in [0.15, 0.2) is 0 Å². The van der Waals surface area contributed by atoms with Crippen LogP contribution in [0.15, 0.2) is 35.3 Å². The van der Waals surface area contributed by atoms with Crippen LogP contribution in [0.1, 0.15) is 40.2 Å². The Morgan fingerprint density at radius 3 is 1.50 bits per heavy atom. The minimum Gasteiger partial charge on any atom is -0.481 e. The van der Waals surface area contributed by atoms with Crippen molar-refractivity contribution in [2.75, 3.05) is 26.7 Å². The van der Waals surface area contributed by atoms with E-state index in [9.17, 15) is 0 Å². The number of hydrogen-bond donors (Lipinski definition) is 7. The predicted octanol–water partition coefficient (Wildman–Crippen LogP) is 1.55. The van der Waals surface area contributed by atoms with Gasteiger partial charge < -0.3 is 36.6 Å². The molecule has 0 amide bonds. The van der Waals surface area contributed by atoms with Gasteiger partial charge in [0.25, 0.3) is 29.8 Å². The Morgan fingerprint density at radius 1 is 0.868 bits per heavy atom. The van der Waals surface area contributed by atoms with Crippen molar-refractivity contribution >= 4 is 47.2 Å². The number of nitrogens with one attached hydrogen (secondary N) is 1. The molecule has 0 fully saturated rings. The molecule has 0 aliphatic rings. The monoisotopic (exact) mass is 564 g/mol. The second-order valence-electron chi connectivity index (χ2n) is 6.69. The normalized spacial score (nSPS) is 9.05. The fraction of sp³-hybridized carbons (Fsp3) is 0.478. The van der Waals surface area contributed by atoms with Crippen LogP contribution in [0.3, 0.4) is 0 Å². The number of aliphatic imine (C=N–C) groups is 1. The van der Waals surface area contributed by atoms with Crippen LogP contribution in [0.2, 0.25) is 0 Å². The van der Waals surface area contributed by atoms with Crippen molar-refractivity contribution in [2.24, 2.45) is 10.7 Å². The SMILES string of the molecule is CC(=O)O.CC(=O)O.CC(=O)O.CC(=O)O.CC(=O)O.CN(Cc1ccccc1)C(CNCCN)N=C=S. The van der Waals surface area contributed by atoms with Crippen LogP contribution < -0.4 is 11.1 Å². The summed E-state index contributed by atoms with van der Waals surface area (Å²) >= 11 is 4.70. The minimum absolute atomic E-state index is 0.00532. The molecule has 1 unspecified atom stereocenters. The van der Waals surface area contributed by atoms with Crippen molar-refractivity contribution in [2.45, 2.75) is 47.3 Å². The summed E-state index contributed by atoms with van der Waals surface area (Å²) in [6.07, 6.45) is -0.00532. The summed E-state index contributed by atoms with van der Waals surface area (Å²) in [6, 6.07) is 10.3. The topological polar surface area (TPSA) is 240 Å². The van der Waals surface area contributed by atoms with Crippen LogP contribution in [0.4, 0.5) is 0 Å². The molecule has 1 aromatic rings. The van der Waals surface area contributed by atoms with Crippen molar-refractivity contribution in [3.05, 3.63) is 35.9 Å². The average Bonchev–Trinajstić information content (AvgIpc) is 2.72. The Kier molecular flexibility index (Phi) is 38.7. The molecule has 0 spiro atoms. The van der Waals surface area contributed by atoms with Gasteiger partial charge in [-0.15, -0.1) is 0 Å². The van der Waals surface area contributed by atoms with Crippen LogP contribution in [0.5, 0.6) is 0 Å². The number of carboxylic acids is 5. The summed E-state index contributed by atoms with van der Waals surface area (Å²) in [7, 11) is 2.03. The molecule has 0 radical (unpaired) electrons. The first kappa shape index (κ1) is 44.3. The quantitative estimate of drug-likeness (QED) is 0.135. The third kappa shape index (κ3) is 76.8. The number of aliphatic carboxylic acids is 5. The largest absolute Gasteiger partial charge is 0.481 e. The van der Waals surface area contributed by atoms with Crippen LogP contribution in [0.25, 0.3) is 0 Å². The van der Waals surface area contributed by atoms with E-state index in [1.807, 2.05) is 25.2 Å². The zero-order valence-corrected chi connectivity index (χ0v) is 23.3. The highest BCUT2D eigenvalue weighted by molar-refractivity contribution is 7.78. The summed E-state index contributed by atoms with van der Waals surface area (Å²) in [5.74, 6) is -4.17. The van der Waals surface area contributed by atoms with Gasteiger partial charge in [0.2, 0.25) is 0 Å². The van der Waals surface area contributed by atoms with Gasteiger partial charge in [-0.05, 0) is 24.8 Å². The number of hydrogen-bond acceptors (Lipinski definition) is 10. The second-order valence-corrected chi connectivity index (χ2v) is 6.87. The fourth-order valence-electron chi connectivity index (χ4n) is 1.67. The molecule has 218 valence electrons. The Morgan fingerprint density at radius 2 is 1.21 bits per heavy atom. The fourth-order valence-corrected chi connectivity index (χ4v) is 1.79. The van der Waals surface area contributed by atoms with Crippen molar-refractivity contribution in [3.8, 4) is 0 Å². The lowest BCUT2D eigenvalue weighted by Crippen LogP contribution is -2.39. The lowest BCUT2D eigenvalue weighted by atomic mass is 10.2. The van der Waals surface area contributed by atoms with E-state index in [0.717, 1.165) is 54.3 Å². The summed E-state index contributed by atoms with van der Waals surface area (Å²) in [4.78, 5) is 51.3. The van der Waals surface area contributed by atoms with Gasteiger partial charge in [-0.25, -0.2) is 4.99 Å². The highest BCUT2D eigenvalue weighted by Gasteiger charge is 2.12. The van der Waals surface area contributed by atoms with Crippen LogP contribution >= 0.6 is 12.2 Å². The van der Waals surface area contributed by atoms with Gasteiger partial charge in [0.1, 0.15) is 6.17 Å². The molecule has 8 N–H and O–H groups in total. The molecule has 0 aliphatic heterocycles. The van der Waals surface area contributed by atoms with Crippen molar-refractivity contribution in [1.82, 2.24) is 10.2 Å². The van der Waals surface area contributed by atoms with Gasteiger partial charge in [0, 0.05) is 60.8 Å². The van der Waals surface area contributed by atoms with Gasteiger partial charge in [-0.3, -0.25) is 28.9 Å². The Labute approximate surface area is 227 Å². The van der Waals surface area contributed by atoms with Gasteiger partial charge in [0.05, 0.1) is 5.16 Å². The standard InChI is InChI=1S/C13H20N4S.5C2H4O2/c1-17(10-12-5-3-2-4-6-12)13(16-11-18)9-15-8-7-14;5*1-2(3)4/h2-6,13,15H,7-10,14H2,1H3;5*1H3,(H,3,4). The molecule has 0 bridgehead atoms. The summed E-state index contributed by atoms with van der Waals surface area (Å²) in [5.41, 5.74) is 6.70. The van der Waals surface area contributed by atoms with E-state index in [1.165, 1.54) is 5.56 Å². The van der Waals surface area contributed by atoms with E-state index in [-0.39, 0.29) is 6.17 Å². The van der Waals surface area contributed by atoms with Gasteiger partial charge in [-0.2, -0.15) is 0 Å². The number of carboxylic acid groups (broad SMARTS) is 5. The van der Waals surface area contributed by atoms with Gasteiger partial charge in [-0.1, -0.05) is 30.3 Å². The summed E-state index contributed by atoms with van der Waals surface area (Å²) in [6.45, 7) is 8.37. The van der Waals surface area contributed by atoms with Crippen LogP contribution in [-0.4, -0.2) is 98.3 Å². The van der Waals surface area contributed by atoms with E-state index in [1.54, 1.807) is 0 Å². The molecule has 14 nitrogen and oxygen atoms in total. The number of nitrogens with two attached hydrogens (primary N) is 1. The predicted molar refractivity (Wildman–Crippen MR) is 145 cm³/mol. The van der Waals surface area contributed by atoms with Crippen LogP contribution in [0, 0.1) is 0 Å². The summed E-state index contributed by atoms with van der Waals surface area (Å²) < 4.78 is 0. The first-order valence-electron chi connectivity index (χ1n) is 10.6. The molecule has 38 heavy (non-hydrogen) atoms. The zero-order valence-electron chi connectivity index (χ0n) is 22.4. The van der Waals surface area contributed by atoms with E-state index in [0.29, 0.717) is 6.54 Å². The molecule has 1 aromatic carbocycles. The maximum Gasteiger partial charge on any atom is 0.300 e. The van der Waals surface area contributed by atoms with Crippen molar-refractivity contribution < 1.29 is 49.5 Å². The smallest absolute Gasteiger partial charge is 0.300 e. The Hall–Kier alpha value is -3.75. The third-order valence-corrected chi connectivity index (χ3v) is 2.74. The number of rotatable bonds is 8. The third-order valence-electron chi connectivity index (χ3n) is 2.63. The number of nitrogens with zero attached hydrogens (tertiary/aromatic N) is 2. The maximum absolute atomic E-state index is 9.00. The maximum atomic E-state index is 9.00. The van der Waals surface area contributed by atoms with E-state index in [4.69, 9.17) is 67.5 Å². The van der Waals surface area contributed by atoms with Gasteiger partial charge >= 0.3 is 0 Å². The number of isothiocyanates is 1. The molecule has 0 aliphatic carbocycles. The second kappa shape index (κ2) is 33.2. The number of thiocarbonyl (C=S) groups is 1. The molecule has 0 heterocycles. The molecule has 0 saturated heterocycles. The lowest BCUT2D eigenvalue weighted by molar-refractivity contribution is -0.135. The number of benzene rings is 1.